The van der Waals surface area contributed by atoms with Crippen molar-refractivity contribution in [1.82, 2.24) is 62.8 Å². The number of amides is 10. The van der Waals surface area contributed by atoms with Gasteiger partial charge in [-0.15, -0.1) is 0 Å². The average molecular weight is 1130 g/mol. The SMILES string of the molecule is CCCNC(=O)[C@H](CCSC)NC(=O)[C@H](CC(C)C)NC(=O)[C@H](Cc1cnc[nH]1)NC(=O)CNC(=O)[C@@H](NC(=O)[C@H](C)NC(=O)[C@H](Cc1c[nH]c2ccccc12)NC(=O)[C@H](CCC(N)=O)NC(=O)[C@H](N)Cc1ccccc1)C(C)C. The maximum atomic E-state index is 14.2. The van der Waals surface area contributed by atoms with Crippen LogP contribution in [0.25, 0.3) is 10.9 Å². The van der Waals surface area contributed by atoms with Crippen molar-refractivity contribution in [2.45, 2.75) is 141 Å². The van der Waals surface area contributed by atoms with E-state index in [1.807, 2.05) is 51.3 Å². The molecule has 0 saturated carbocycles. The maximum absolute atomic E-state index is 14.2. The summed E-state index contributed by atoms with van der Waals surface area (Å²) in [6.45, 7) is 10.1. The molecule has 0 aliphatic carbocycles. The van der Waals surface area contributed by atoms with Crippen molar-refractivity contribution in [3.8, 4) is 0 Å². The van der Waals surface area contributed by atoms with Gasteiger partial charge < -0.3 is 69.3 Å². The number of hydrogen-bond donors (Lipinski definition) is 13. The summed E-state index contributed by atoms with van der Waals surface area (Å²) in [6.07, 6.45) is 7.19. The van der Waals surface area contributed by atoms with Gasteiger partial charge in [0.05, 0.1) is 18.9 Å². The van der Waals surface area contributed by atoms with Gasteiger partial charge in [0.25, 0.3) is 0 Å². The number of aromatic nitrogens is 3. The Morgan fingerprint density at radius 2 is 1.24 bits per heavy atom. The number of benzene rings is 2. The molecule has 4 aromatic rings. The van der Waals surface area contributed by atoms with Gasteiger partial charge in [-0.2, -0.15) is 11.8 Å². The maximum Gasteiger partial charge on any atom is 0.243 e. The van der Waals surface area contributed by atoms with E-state index in [1.165, 1.54) is 31.2 Å². The number of carbonyl (C=O) groups excluding carboxylic acids is 10. The third kappa shape index (κ3) is 21.4. The third-order valence-electron chi connectivity index (χ3n) is 12.9. The zero-order chi connectivity index (χ0) is 58.9. The number of carbonyl (C=O) groups is 10. The first-order valence-corrected chi connectivity index (χ1v) is 28.3. The van der Waals surface area contributed by atoms with Gasteiger partial charge in [0.15, 0.2) is 0 Å². The van der Waals surface area contributed by atoms with Crippen molar-refractivity contribution in [1.29, 1.82) is 0 Å². The standard InChI is InChI=1S/C55H80N14O10S/c1-8-21-59-50(74)41(20-22-80-7)66-53(77)42(23-31(2)3)67-54(78)44(26-36-28-58-30-62-36)64-46(71)29-61-55(79)47(32(4)5)69-48(72)33(6)63-52(76)43(25-35-27-60-39-17-13-12-16-37(35)39)68-51(75)40(18-19-45(57)70)65-49(73)38(56)24-34-14-10-9-11-15-34/h9-17,27-28,30-33,38,40-44,47,60H,8,18-26,29,56H2,1-7H3,(H2,57,70)(H,58,62)(H,59,74)(H,61,79)(H,63,76)(H,64,71)(H,65,73)(H,66,77)(H,67,78)(H,68,75)(H,69,72)/t33-,38+,40-,41-,42-,43-,44-,47-/m0/s1. The molecule has 8 atom stereocenters. The largest absolute Gasteiger partial charge is 0.370 e. The van der Waals surface area contributed by atoms with Gasteiger partial charge in [0, 0.05) is 54.8 Å². The number of aromatic amines is 2. The van der Waals surface area contributed by atoms with Crippen LogP contribution in [0.4, 0.5) is 0 Å². The van der Waals surface area contributed by atoms with Crippen molar-refractivity contribution in [3.05, 3.63) is 90.1 Å². The smallest absolute Gasteiger partial charge is 0.243 e. The average Bonchev–Trinajstić information content (AvgIpc) is 4.10. The lowest BCUT2D eigenvalue weighted by molar-refractivity contribution is -0.135. The predicted molar refractivity (Wildman–Crippen MR) is 304 cm³/mol. The zero-order valence-electron chi connectivity index (χ0n) is 46.6. The monoisotopic (exact) mass is 1130 g/mol. The topological polar surface area (TPSA) is 375 Å². The highest BCUT2D eigenvalue weighted by Crippen LogP contribution is 2.20. The molecule has 25 heteroatoms. The molecule has 0 unspecified atom stereocenters. The zero-order valence-corrected chi connectivity index (χ0v) is 47.4. The van der Waals surface area contributed by atoms with Gasteiger partial charge >= 0.3 is 0 Å². The molecule has 0 fully saturated rings. The van der Waals surface area contributed by atoms with Crippen LogP contribution in [-0.4, -0.2) is 147 Å². The molecule has 0 saturated heterocycles. The Labute approximate surface area is 470 Å². The van der Waals surface area contributed by atoms with Gasteiger partial charge in [-0.3, -0.25) is 47.9 Å². The number of nitrogens with zero attached hydrogens (tertiary/aromatic N) is 1. The molecule has 0 spiro atoms. The molecule has 80 heavy (non-hydrogen) atoms. The first kappa shape index (κ1) is 64.7. The molecule has 2 aromatic carbocycles. The Balaban J connectivity index is 1.45. The van der Waals surface area contributed by atoms with Crippen LogP contribution in [0.2, 0.25) is 0 Å². The van der Waals surface area contributed by atoms with E-state index in [4.69, 9.17) is 11.5 Å². The second kappa shape index (κ2) is 32.9. The van der Waals surface area contributed by atoms with Gasteiger partial charge in [-0.25, -0.2) is 4.98 Å². The van der Waals surface area contributed by atoms with E-state index in [2.05, 4.69) is 62.8 Å². The summed E-state index contributed by atoms with van der Waals surface area (Å²) in [5.41, 5.74) is 14.3. The molecule has 10 amide bonds. The number of primary amides is 1. The van der Waals surface area contributed by atoms with E-state index in [0.29, 0.717) is 36.4 Å². The van der Waals surface area contributed by atoms with Gasteiger partial charge in [-0.05, 0) is 80.1 Å². The van der Waals surface area contributed by atoms with Crippen molar-refractivity contribution in [3.63, 3.8) is 0 Å². The van der Waals surface area contributed by atoms with Crippen molar-refractivity contribution < 1.29 is 47.9 Å². The summed E-state index contributed by atoms with van der Waals surface area (Å²) in [5.74, 6) is -7.00. The second-order valence-electron chi connectivity index (χ2n) is 20.4. The van der Waals surface area contributed by atoms with Crippen LogP contribution in [0.5, 0.6) is 0 Å². The normalized spacial score (nSPS) is 14.2. The predicted octanol–water partition coefficient (Wildman–Crippen LogP) is 0.0228. The minimum absolute atomic E-state index is 0.0624. The Kier molecular flexibility index (Phi) is 26.7. The number of imidazole rings is 1. The molecule has 24 nitrogen and oxygen atoms in total. The van der Waals surface area contributed by atoms with Crippen LogP contribution < -0.4 is 59.3 Å². The van der Waals surface area contributed by atoms with Crippen LogP contribution in [0.1, 0.15) is 90.5 Å². The quantitative estimate of drug-likeness (QED) is 0.0294. The van der Waals surface area contributed by atoms with Crippen LogP contribution in [-0.2, 0) is 67.2 Å². The molecule has 15 N–H and O–H groups in total. The summed E-state index contributed by atoms with van der Waals surface area (Å²) in [6, 6.07) is 6.79. The lowest BCUT2D eigenvalue weighted by Crippen LogP contribution is -2.59. The highest BCUT2D eigenvalue weighted by Gasteiger charge is 2.34. The number of nitrogens with two attached hydrogens (primary N) is 2. The number of hydrogen-bond acceptors (Lipinski definition) is 13. The van der Waals surface area contributed by atoms with Crippen LogP contribution in [0.3, 0.4) is 0 Å². The summed E-state index contributed by atoms with van der Waals surface area (Å²) in [4.78, 5) is 145. The fourth-order valence-corrected chi connectivity index (χ4v) is 8.93. The van der Waals surface area contributed by atoms with Gasteiger partial charge in [-0.1, -0.05) is 83.1 Å². The first-order valence-electron chi connectivity index (χ1n) is 26.9. The summed E-state index contributed by atoms with van der Waals surface area (Å²) >= 11 is 1.52. The number of H-pyrrole nitrogens is 2. The molecule has 2 aromatic heterocycles. The van der Waals surface area contributed by atoms with Gasteiger partial charge in [0.1, 0.15) is 42.3 Å². The van der Waals surface area contributed by atoms with Crippen LogP contribution in [0, 0.1) is 11.8 Å². The number of thioether (sulfide) groups is 1. The van der Waals surface area contributed by atoms with E-state index >= 15 is 0 Å². The molecular formula is C55H80N14O10S. The minimum atomic E-state index is -1.35. The minimum Gasteiger partial charge on any atom is -0.370 e. The Bertz CT molecular complexity index is 2700. The molecular weight excluding hydrogens is 1050 g/mol. The fourth-order valence-electron chi connectivity index (χ4n) is 8.46. The summed E-state index contributed by atoms with van der Waals surface area (Å²) in [5, 5.41) is 24.8. The van der Waals surface area contributed by atoms with E-state index < -0.39 is 114 Å². The molecule has 0 bridgehead atoms. The summed E-state index contributed by atoms with van der Waals surface area (Å²) in [7, 11) is 0. The lowest BCUT2D eigenvalue weighted by atomic mass is 10.0. The Hall–Kier alpha value is -7.80. The molecule has 4 rings (SSSR count). The highest BCUT2D eigenvalue weighted by molar-refractivity contribution is 7.98. The van der Waals surface area contributed by atoms with E-state index in [0.717, 1.165) is 16.5 Å². The van der Waals surface area contributed by atoms with E-state index in [9.17, 15) is 47.9 Å². The number of fused-ring (bicyclic) bond motifs is 1. The number of rotatable bonds is 34. The van der Waals surface area contributed by atoms with Crippen molar-refractivity contribution in [2.75, 3.05) is 25.1 Å². The molecule has 0 aliphatic rings. The second-order valence-corrected chi connectivity index (χ2v) is 21.4. The van der Waals surface area contributed by atoms with E-state index in [1.54, 1.807) is 50.4 Å². The van der Waals surface area contributed by atoms with Gasteiger partial charge in [0.2, 0.25) is 59.1 Å². The molecule has 0 radical (unpaired) electrons. The highest BCUT2D eigenvalue weighted by atomic mass is 32.2. The fraction of sp³-hybridized carbons (Fsp3) is 0.509. The third-order valence-corrected chi connectivity index (χ3v) is 13.5. The summed E-state index contributed by atoms with van der Waals surface area (Å²) < 4.78 is 0. The van der Waals surface area contributed by atoms with E-state index in [-0.39, 0.29) is 50.4 Å². The molecule has 0 aliphatic heterocycles. The first-order chi connectivity index (χ1) is 38.1. The number of para-hydroxylation sites is 1. The van der Waals surface area contributed by atoms with Crippen molar-refractivity contribution >= 4 is 81.7 Å². The van der Waals surface area contributed by atoms with Crippen LogP contribution in [0.15, 0.2) is 73.3 Å². The van der Waals surface area contributed by atoms with Crippen molar-refractivity contribution in [2.24, 2.45) is 23.3 Å². The lowest BCUT2D eigenvalue weighted by Gasteiger charge is -2.27. The number of nitrogens with one attached hydrogen (secondary N) is 11. The Morgan fingerprint density at radius 3 is 1.89 bits per heavy atom. The Morgan fingerprint density at radius 1 is 0.625 bits per heavy atom. The molecule has 2 heterocycles. The molecule has 436 valence electrons. The van der Waals surface area contributed by atoms with Crippen LogP contribution >= 0.6 is 11.8 Å².